The molecule has 3 atom stereocenters. The molecule has 1 aliphatic heterocycles. The van der Waals surface area contributed by atoms with Crippen molar-refractivity contribution >= 4 is 21.4 Å². The first-order valence-electron chi connectivity index (χ1n) is 13.2. The third-order valence-corrected chi connectivity index (χ3v) is 8.40. The highest BCUT2D eigenvalue weighted by molar-refractivity contribution is 7.91. The monoisotopic (exact) mass is 594 g/mol. The molecule has 0 unspecified atom stereocenters. The number of hydrogen-bond acceptors (Lipinski definition) is 11. The zero-order valence-electron chi connectivity index (χ0n) is 23.4. The molecule has 0 saturated carbocycles. The van der Waals surface area contributed by atoms with Gasteiger partial charge in [-0.2, -0.15) is 0 Å². The SMILES string of the molecule is CCOC[C@@H]1COc2c(ccnc2OC(C)C)-c2nnc(CS(=O)(=O)[C@@H](C)[C@@H](OC(C)C)c3ncc(Cl)cn3)n21. The number of aromatic nitrogens is 6. The summed E-state index contributed by atoms with van der Waals surface area (Å²) in [6.07, 6.45) is 3.11. The van der Waals surface area contributed by atoms with Gasteiger partial charge in [0.2, 0.25) is 0 Å². The summed E-state index contributed by atoms with van der Waals surface area (Å²) >= 11 is 5.95. The summed E-state index contributed by atoms with van der Waals surface area (Å²) < 4.78 is 53.2. The quantitative estimate of drug-likeness (QED) is 0.300. The molecule has 0 radical (unpaired) electrons. The lowest BCUT2D eigenvalue weighted by atomic mass is 10.2. The minimum atomic E-state index is -3.86. The Morgan fingerprint density at radius 2 is 1.82 bits per heavy atom. The molecule has 0 fully saturated rings. The van der Waals surface area contributed by atoms with Crippen LogP contribution in [0.25, 0.3) is 11.4 Å². The van der Waals surface area contributed by atoms with Gasteiger partial charge in [0.15, 0.2) is 27.2 Å². The maximum absolute atomic E-state index is 13.8. The van der Waals surface area contributed by atoms with Gasteiger partial charge in [-0.25, -0.2) is 23.4 Å². The van der Waals surface area contributed by atoms with Crippen LogP contribution < -0.4 is 9.47 Å². The van der Waals surface area contributed by atoms with Gasteiger partial charge < -0.3 is 23.5 Å². The van der Waals surface area contributed by atoms with Crippen LogP contribution in [0, 0.1) is 0 Å². The zero-order valence-corrected chi connectivity index (χ0v) is 25.0. The van der Waals surface area contributed by atoms with E-state index in [1.165, 1.54) is 12.4 Å². The summed E-state index contributed by atoms with van der Waals surface area (Å²) in [5.41, 5.74) is 0.601. The van der Waals surface area contributed by atoms with Crippen molar-refractivity contribution in [1.82, 2.24) is 29.7 Å². The largest absolute Gasteiger partial charge is 0.485 e. The van der Waals surface area contributed by atoms with Crippen LogP contribution in [0.3, 0.4) is 0 Å². The molecule has 3 aromatic heterocycles. The Bertz CT molecular complexity index is 1400. The van der Waals surface area contributed by atoms with Crippen molar-refractivity contribution in [3.8, 4) is 23.0 Å². The van der Waals surface area contributed by atoms with Crippen LogP contribution >= 0.6 is 11.6 Å². The van der Waals surface area contributed by atoms with E-state index < -0.39 is 33.0 Å². The van der Waals surface area contributed by atoms with Gasteiger partial charge in [-0.1, -0.05) is 11.6 Å². The van der Waals surface area contributed by atoms with Crippen molar-refractivity contribution in [2.24, 2.45) is 0 Å². The Balaban J connectivity index is 1.73. The van der Waals surface area contributed by atoms with E-state index in [1.807, 2.05) is 34.6 Å². The second-order valence-corrected chi connectivity index (χ2v) is 12.8. The van der Waals surface area contributed by atoms with E-state index >= 15 is 0 Å². The maximum Gasteiger partial charge on any atom is 0.258 e. The van der Waals surface area contributed by atoms with Crippen LogP contribution in [0.1, 0.15) is 65.3 Å². The predicted molar refractivity (Wildman–Crippen MR) is 148 cm³/mol. The Morgan fingerprint density at radius 3 is 2.48 bits per heavy atom. The Morgan fingerprint density at radius 1 is 1.10 bits per heavy atom. The van der Waals surface area contributed by atoms with E-state index in [4.69, 9.17) is 30.5 Å². The topological polar surface area (TPSA) is 140 Å². The van der Waals surface area contributed by atoms with Gasteiger partial charge in [-0.15, -0.1) is 10.2 Å². The molecule has 0 N–H and O–H groups in total. The van der Waals surface area contributed by atoms with Gasteiger partial charge in [0.1, 0.15) is 24.3 Å². The summed E-state index contributed by atoms with van der Waals surface area (Å²) in [5, 5.41) is 8.07. The summed E-state index contributed by atoms with van der Waals surface area (Å²) in [6.45, 7) is 11.8. The van der Waals surface area contributed by atoms with E-state index in [0.717, 1.165) is 0 Å². The van der Waals surface area contributed by atoms with Gasteiger partial charge >= 0.3 is 0 Å². The van der Waals surface area contributed by atoms with Gasteiger partial charge in [-0.3, -0.25) is 0 Å². The van der Waals surface area contributed by atoms with Crippen molar-refractivity contribution in [3.05, 3.63) is 41.3 Å². The average molecular weight is 595 g/mol. The number of fused-ring (bicyclic) bond motifs is 3. The molecule has 0 saturated heterocycles. The molecule has 12 nitrogen and oxygen atoms in total. The number of rotatable bonds is 12. The molecule has 3 aromatic rings. The van der Waals surface area contributed by atoms with E-state index in [-0.39, 0.29) is 37.1 Å². The van der Waals surface area contributed by atoms with Crippen molar-refractivity contribution < 1.29 is 27.4 Å². The predicted octanol–water partition coefficient (Wildman–Crippen LogP) is 4.01. The first-order chi connectivity index (χ1) is 19.0. The number of nitrogens with zero attached hydrogens (tertiary/aromatic N) is 6. The second-order valence-electron chi connectivity index (χ2n) is 9.97. The second kappa shape index (κ2) is 12.8. The maximum atomic E-state index is 13.8. The molecule has 0 aromatic carbocycles. The molecule has 4 rings (SSSR count). The zero-order chi connectivity index (χ0) is 29.0. The lowest BCUT2D eigenvalue weighted by molar-refractivity contribution is 0.00142. The highest BCUT2D eigenvalue weighted by Crippen LogP contribution is 2.40. The van der Waals surface area contributed by atoms with E-state index in [2.05, 4.69) is 25.1 Å². The van der Waals surface area contributed by atoms with Crippen molar-refractivity contribution in [1.29, 1.82) is 0 Å². The highest BCUT2D eigenvalue weighted by Gasteiger charge is 2.37. The number of sulfone groups is 1. The molecular formula is C26H35ClN6O6S. The lowest BCUT2D eigenvalue weighted by Gasteiger charge is -2.25. The van der Waals surface area contributed by atoms with Crippen LogP contribution in [-0.4, -0.2) is 75.4 Å². The van der Waals surface area contributed by atoms with Gasteiger partial charge in [0, 0.05) is 25.2 Å². The van der Waals surface area contributed by atoms with Gasteiger partial charge in [0.25, 0.3) is 5.88 Å². The van der Waals surface area contributed by atoms with E-state index in [1.54, 1.807) is 23.8 Å². The van der Waals surface area contributed by atoms with Crippen LogP contribution in [0.5, 0.6) is 11.6 Å². The molecule has 40 heavy (non-hydrogen) atoms. The van der Waals surface area contributed by atoms with Crippen molar-refractivity contribution in [2.75, 3.05) is 19.8 Å². The van der Waals surface area contributed by atoms with Crippen LogP contribution in [0.4, 0.5) is 0 Å². The van der Waals surface area contributed by atoms with E-state index in [9.17, 15) is 8.42 Å². The molecular weight excluding hydrogens is 560 g/mol. The Labute approximate surface area is 239 Å². The first-order valence-corrected chi connectivity index (χ1v) is 15.3. The van der Waals surface area contributed by atoms with Crippen molar-refractivity contribution in [2.45, 2.75) is 76.9 Å². The third kappa shape index (κ3) is 6.70. The molecule has 1 aliphatic rings. The molecule has 0 amide bonds. The van der Waals surface area contributed by atoms with Crippen molar-refractivity contribution in [3.63, 3.8) is 0 Å². The summed E-state index contributed by atoms with van der Waals surface area (Å²) in [4.78, 5) is 12.8. The summed E-state index contributed by atoms with van der Waals surface area (Å²) in [7, 11) is -3.86. The number of ether oxygens (including phenoxy) is 4. The number of hydrogen-bond donors (Lipinski definition) is 0. The highest BCUT2D eigenvalue weighted by atomic mass is 35.5. The van der Waals surface area contributed by atoms with Crippen LogP contribution in [-0.2, 0) is 25.1 Å². The van der Waals surface area contributed by atoms with Crippen LogP contribution in [0.15, 0.2) is 24.7 Å². The fraction of sp³-hybridized carbons (Fsp3) is 0.577. The Kier molecular flexibility index (Phi) is 9.60. The minimum absolute atomic E-state index is 0.129. The van der Waals surface area contributed by atoms with Crippen LogP contribution in [0.2, 0.25) is 5.02 Å². The van der Waals surface area contributed by atoms with E-state index in [0.29, 0.717) is 34.6 Å². The fourth-order valence-corrected chi connectivity index (χ4v) is 5.80. The minimum Gasteiger partial charge on any atom is -0.485 e. The molecule has 0 spiro atoms. The molecule has 14 heteroatoms. The lowest BCUT2D eigenvalue weighted by Crippen LogP contribution is -2.32. The summed E-state index contributed by atoms with van der Waals surface area (Å²) in [6, 6.07) is 1.35. The number of pyridine rings is 1. The normalized spacial score (nSPS) is 16.7. The molecule has 218 valence electrons. The fourth-order valence-electron chi connectivity index (χ4n) is 4.32. The standard InChI is InChI=1S/C26H35ClN6O6S/c1-7-36-12-19-13-37-23-20(8-9-28-26(23)39-16(4)5)25-32-31-21(33(19)25)14-40(34,35)17(6)22(38-15(2)3)24-29-10-18(27)11-30-24/h8-11,15-17,19,22H,7,12-14H2,1-6H3/t17-,19+,22+/m0/s1. The smallest absolute Gasteiger partial charge is 0.258 e. The molecule has 0 bridgehead atoms. The number of halogens is 1. The molecule has 0 aliphatic carbocycles. The molecule has 4 heterocycles. The third-order valence-electron chi connectivity index (χ3n) is 6.16. The summed E-state index contributed by atoms with van der Waals surface area (Å²) in [5.74, 6) is 1.30. The average Bonchev–Trinajstić information content (AvgIpc) is 3.22. The first kappa shape index (κ1) is 30.1. The van der Waals surface area contributed by atoms with Gasteiger partial charge in [-0.05, 0) is 47.6 Å². The van der Waals surface area contributed by atoms with Gasteiger partial charge in [0.05, 0.1) is 40.7 Å². The Hall–Kier alpha value is -2.87.